The Kier molecular flexibility index (Phi) is 7.47. The van der Waals surface area contributed by atoms with Crippen molar-refractivity contribution in [2.75, 3.05) is 7.05 Å². The molecule has 23 heavy (non-hydrogen) atoms. The molecular formula is C16H23FIN5. The number of aromatic nitrogens is 2. The molecule has 2 aromatic rings. The number of halogens is 2. The number of hydrogen-bond donors (Lipinski definition) is 2. The minimum Gasteiger partial charge on any atom is -0.352 e. The number of rotatable bonds is 4. The van der Waals surface area contributed by atoms with Gasteiger partial charge in [-0.3, -0.25) is 9.67 Å². The van der Waals surface area contributed by atoms with Crippen molar-refractivity contribution in [3.8, 4) is 0 Å². The predicted octanol–water partition coefficient (Wildman–Crippen LogP) is 2.66. The molecule has 0 unspecified atom stereocenters. The van der Waals surface area contributed by atoms with E-state index < -0.39 is 0 Å². The van der Waals surface area contributed by atoms with Gasteiger partial charge in [0.15, 0.2) is 5.96 Å². The summed E-state index contributed by atoms with van der Waals surface area (Å²) >= 11 is 0. The molecule has 0 aliphatic carbocycles. The van der Waals surface area contributed by atoms with Gasteiger partial charge in [-0.25, -0.2) is 4.39 Å². The summed E-state index contributed by atoms with van der Waals surface area (Å²) < 4.78 is 15.5. The first kappa shape index (κ1) is 19.4. The molecule has 0 saturated heterocycles. The average molecular weight is 431 g/mol. The molecule has 1 heterocycles. The number of nitrogens with zero attached hydrogens (tertiary/aromatic N) is 3. The Balaban J connectivity index is 0.00000264. The normalized spacial score (nSPS) is 11.1. The van der Waals surface area contributed by atoms with E-state index in [4.69, 9.17) is 0 Å². The van der Waals surface area contributed by atoms with Gasteiger partial charge in [-0.2, -0.15) is 5.10 Å². The smallest absolute Gasteiger partial charge is 0.191 e. The quantitative estimate of drug-likeness (QED) is 0.445. The van der Waals surface area contributed by atoms with E-state index in [9.17, 15) is 4.39 Å². The maximum atomic E-state index is 13.6. The minimum absolute atomic E-state index is 0. The fourth-order valence-electron chi connectivity index (χ4n) is 2.29. The van der Waals surface area contributed by atoms with Crippen molar-refractivity contribution in [3.05, 3.63) is 52.6 Å². The zero-order chi connectivity index (χ0) is 16.1. The van der Waals surface area contributed by atoms with Crippen LogP contribution >= 0.6 is 24.0 Å². The molecule has 0 spiro atoms. The lowest BCUT2D eigenvalue weighted by molar-refractivity contribution is 0.604. The number of benzene rings is 1. The molecule has 0 fully saturated rings. The highest BCUT2D eigenvalue weighted by atomic mass is 127. The third-order valence-corrected chi connectivity index (χ3v) is 3.72. The third kappa shape index (κ3) is 4.92. The number of aryl methyl sites for hydroxylation is 2. The Morgan fingerprint density at radius 1 is 1.22 bits per heavy atom. The highest BCUT2D eigenvalue weighted by Crippen LogP contribution is 2.11. The van der Waals surface area contributed by atoms with Crippen molar-refractivity contribution in [1.29, 1.82) is 0 Å². The standard InChI is InChI=1S/C16H22FN5.HI/c1-11-14(12(2)22(4)21-11)10-20-16(18-3)19-9-13-7-5-6-8-15(13)17;/h5-8H,9-10H2,1-4H3,(H2,18,19,20);1H. The highest BCUT2D eigenvalue weighted by Gasteiger charge is 2.10. The molecule has 2 rings (SSSR count). The van der Waals surface area contributed by atoms with Crippen LogP contribution in [0.15, 0.2) is 29.3 Å². The molecule has 1 aromatic carbocycles. The number of hydrogen-bond acceptors (Lipinski definition) is 2. The van der Waals surface area contributed by atoms with E-state index in [1.165, 1.54) is 6.07 Å². The maximum absolute atomic E-state index is 13.6. The van der Waals surface area contributed by atoms with Gasteiger partial charge in [0.25, 0.3) is 0 Å². The topological polar surface area (TPSA) is 54.2 Å². The third-order valence-electron chi connectivity index (χ3n) is 3.72. The van der Waals surface area contributed by atoms with Crippen molar-refractivity contribution in [2.45, 2.75) is 26.9 Å². The van der Waals surface area contributed by atoms with E-state index in [-0.39, 0.29) is 29.8 Å². The van der Waals surface area contributed by atoms with E-state index in [1.807, 2.05) is 31.6 Å². The fourth-order valence-corrected chi connectivity index (χ4v) is 2.29. The summed E-state index contributed by atoms with van der Waals surface area (Å²) in [5.74, 6) is 0.412. The van der Waals surface area contributed by atoms with Crippen LogP contribution in [0.1, 0.15) is 22.5 Å². The van der Waals surface area contributed by atoms with Crippen LogP contribution < -0.4 is 10.6 Å². The van der Waals surface area contributed by atoms with Crippen molar-refractivity contribution in [3.63, 3.8) is 0 Å². The lowest BCUT2D eigenvalue weighted by atomic mass is 10.2. The van der Waals surface area contributed by atoms with Crippen LogP contribution in [0.2, 0.25) is 0 Å². The van der Waals surface area contributed by atoms with Crippen molar-refractivity contribution >= 4 is 29.9 Å². The van der Waals surface area contributed by atoms with Gasteiger partial charge in [-0.15, -0.1) is 24.0 Å². The van der Waals surface area contributed by atoms with Crippen molar-refractivity contribution in [2.24, 2.45) is 12.0 Å². The average Bonchev–Trinajstić information content (AvgIpc) is 2.74. The first-order valence-electron chi connectivity index (χ1n) is 7.20. The predicted molar refractivity (Wildman–Crippen MR) is 102 cm³/mol. The van der Waals surface area contributed by atoms with Crippen LogP contribution in [0.25, 0.3) is 0 Å². The summed E-state index contributed by atoms with van der Waals surface area (Å²) in [6, 6.07) is 6.71. The first-order valence-corrected chi connectivity index (χ1v) is 7.20. The first-order chi connectivity index (χ1) is 10.5. The summed E-state index contributed by atoms with van der Waals surface area (Å²) in [5.41, 5.74) is 3.88. The summed E-state index contributed by atoms with van der Waals surface area (Å²) in [6.07, 6.45) is 0. The zero-order valence-corrected chi connectivity index (χ0v) is 16.2. The van der Waals surface area contributed by atoms with E-state index in [2.05, 4.69) is 20.7 Å². The molecule has 0 saturated carbocycles. The van der Waals surface area contributed by atoms with E-state index >= 15 is 0 Å². The molecule has 0 aliphatic rings. The van der Waals surface area contributed by atoms with Crippen LogP contribution in [0.4, 0.5) is 4.39 Å². The van der Waals surface area contributed by atoms with Gasteiger partial charge in [0.1, 0.15) is 5.82 Å². The Hall–Kier alpha value is -1.64. The number of nitrogens with one attached hydrogen (secondary N) is 2. The Morgan fingerprint density at radius 2 is 1.87 bits per heavy atom. The van der Waals surface area contributed by atoms with Gasteiger partial charge >= 0.3 is 0 Å². The van der Waals surface area contributed by atoms with E-state index in [0.29, 0.717) is 24.6 Å². The zero-order valence-electron chi connectivity index (χ0n) is 13.9. The molecule has 0 radical (unpaired) electrons. The molecular weight excluding hydrogens is 408 g/mol. The fraction of sp³-hybridized carbons (Fsp3) is 0.375. The number of guanidine groups is 1. The van der Waals surface area contributed by atoms with Gasteiger partial charge in [-0.05, 0) is 19.9 Å². The maximum Gasteiger partial charge on any atom is 0.191 e. The van der Waals surface area contributed by atoms with Crippen molar-refractivity contribution < 1.29 is 4.39 Å². The molecule has 0 bridgehead atoms. The second kappa shape index (κ2) is 8.85. The second-order valence-corrected chi connectivity index (χ2v) is 5.14. The van der Waals surface area contributed by atoms with E-state index in [0.717, 1.165) is 17.0 Å². The molecule has 0 aliphatic heterocycles. The summed E-state index contributed by atoms with van der Waals surface area (Å²) in [7, 11) is 3.62. The van der Waals surface area contributed by atoms with Crippen LogP contribution in [0, 0.1) is 19.7 Å². The monoisotopic (exact) mass is 431 g/mol. The van der Waals surface area contributed by atoms with E-state index in [1.54, 1.807) is 19.2 Å². The lowest BCUT2D eigenvalue weighted by Crippen LogP contribution is -2.36. The van der Waals surface area contributed by atoms with Gasteiger partial charge in [0.2, 0.25) is 0 Å². The van der Waals surface area contributed by atoms with Crippen LogP contribution in [0.5, 0.6) is 0 Å². The van der Waals surface area contributed by atoms with Gasteiger partial charge in [-0.1, -0.05) is 18.2 Å². The Bertz CT molecular complexity index is 681. The van der Waals surface area contributed by atoms with Crippen molar-refractivity contribution in [1.82, 2.24) is 20.4 Å². The van der Waals surface area contributed by atoms with Crippen LogP contribution in [-0.2, 0) is 20.1 Å². The molecule has 0 atom stereocenters. The largest absolute Gasteiger partial charge is 0.352 e. The van der Waals surface area contributed by atoms with Crippen LogP contribution in [0.3, 0.4) is 0 Å². The summed E-state index contributed by atoms with van der Waals surface area (Å²) in [6.45, 7) is 5.03. The van der Waals surface area contributed by atoms with Gasteiger partial charge in [0, 0.05) is 44.0 Å². The second-order valence-electron chi connectivity index (χ2n) is 5.14. The molecule has 0 amide bonds. The SMILES string of the molecule is CN=C(NCc1ccccc1F)NCc1c(C)nn(C)c1C.I. The lowest BCUT2D eigenvalue weighted by Gasteiger charge is -2.12. The summed E-state index contributed by atoms with van der Waals surface area (Å²) in [4.78, 5) is 4.16. The Morgan fingerprint density at radius 3 is 2.43 bits per heavy atom. The van der Waals surface area contributed by atoms with Gasteiger partial charge < -0.3 is 10.6 Å². The highest BCUT2D eigenvalue weighted by molar-refractivity contribution is 14.0. The van der Waals surface area contributed by atoms with Crippen LogP contribution in [-0.4, -0.2) is 22.8 Å². The van der Waals surface area contributed by atoms with Gasteiger partial charge in [0.05, 0.1) is 5.69 Å². The number of aliphatic imine (C=N–C) groups is 1. The molecule has 1 aromatic heterocycles. The molecule has 5 nitrogen and oxygen atoms in total. The molecule has 126 valence electrons. The summed E-state index contributed by atoms with van der Waals surface area (Å²) in [5, 5.41) is 10.7. The molecule has 7 heteroatoms. The minimum atomic E-state index is -0.218. The molecule has 2 N–H and O–H groups in total. The Labute approximate surface area is 153 Å².